The molecule has 0 nitrogen and oxygen atoms in total. The molecule has 0 saturated carbocycles. The van der Waals surface area contributed by atoms with Crippen molar-refractivity contribution in [3.8, 4) is 33.4 Å². The summed E-state index contributed by atoms with van der Waals surface area (Å²) in [6, 6.07) is 53.6. The van der Waals surface area contributed by atoms with Gasteiger partial charge in [-0.1, -0.05) is 159 Å². The van der Waals surface area contributed by atoms with E-state index in [2.05, 4.69) is 173 Å². The second kappa shape index (κ2) is 14.0. The zero-order chi connectivity index (χ0) is 31.2. The van der Waals surface area contributed by atoms with E-state index in [1.54, 1.807) is 0 Å². The maximum Gasteiger partial charge on any atom is -0.00675 e. The van der Waals surface area contributed by atoms with E-state index < -0.39 is 0 Å². The molecule has 0 aliphatic heterocycles. The van der Waals surface area contributed by atoms with Crippen LogP contribution in [0, 0.1) is 13.8 Å². The Balaban J connectivity index is 1.49. The molecule has 0 heterocycles. The molecule has 0 aliphatic rings. The van der Waals surface area contributed by atoms with E-state index in [0.717, 1.165) is 19.3 Å². The third kappa shape index (κ3) is 6.57. The van der Waals surface area contributed by atoms with E-state index in [-0.39, 0.29) is 0 Å². The molecule has 0 heteroatoms. The number of rotatable bonds is 10. The lowest BCUT2D eigenvalue weighted by Gasteiger charge is -2.27. The predicted octanol–water partition coefficient (Wildman–Crippen LogP) is 12.4. The smallest absolute Gasteiger partial charge is 0.00675 e. The SMILES string of the molecule is Cc1ccccc1-c1c(-c2cccc(C)c2-c2ccccc2CCCc2ccccc2)cccc1C(C)C(C)c1ccccc1. The van der Waals surface area contributed by atoms with Crippen LogP contribution in [0.2, 0.25) is 0 Å². The van der Waals surface area contributed by atoms with Crippen LogP contribution in [0.5, 0.6) is 0 Å². The van der Waals surface area contributed by atoms with Crippen LogP contribution in [0.1, 0.15) is 65.5 Å². The number of benzene rings is 6. The van der Waals surface area contributed by atoms with Crippen molar-refractivity contribution in [1.29, 1.82) is 0 Å². The first-order valence-corrected chi connectivity index (χ1v) is 16.5. The first-order valence-electron chi connectivity index (χ1n) is 16.5. The maximum atomic E-state index is 2.40. The largest absolute Gasteiger partial charge is 0.0622 e. The second-order valence-electron chi connectivity index (χ2n) is 12.6. The molecule has 45 heavy (non-hydrogen) atoms. The third-order valence-corrected chi connectivity index (χ3v) is 9.68. The van der Waals surface area contributed by atoms with Crippen molar-refractivity contribution in [3.05, 3.63) is 179 Å². The lowest BCUT2D eigenvalue weighted by molar-refractivity contribution is 0.625. The van der Waals surface area contributed by atoms with Gasteiger partial charge in [-0.2, -0.15) is 0 Å². The van der Waals surface area contributed by atoms with Crippen molar-refractivity contribution in [2.24, 2.45) is 0 Å². The van der Waals surface area contributed by atoms with Gasteiger partial charge in [0.05, 0.1) is 0 Å². The van der Waals surface area contributed by atoms with Crippen LogP contribution in [0.25, 0.3) is 33.4 Å². The fraction of sp³-hybridized carbons (Fsp3) is 0.200. The Hall–Kier alpha value is -4.68. The van der Waals surface area contributed by atoms with Gasteiger partial charge in [0.25, 0.3) is 0 Å². The molecule has 2 atom stereocenters. The van der Waals surface area contributed by atoms with Crippen molar-refractivity contribution in [1.82, 2.24) is 0 Å². The average Bonchev–Trinajstić information content (AvgIpc) is 3.09. The summed E-state index contributed by atoms with van der Waals surface area (Å²) in [4.78, 5) is 0. The van der Waals surface area contributed by atoms with Crippen LogP contribution in [0.3, 0.4) is 0 Å². The van der Waals surface area contributed by atoms with Crippen molar-refractivity contribution < 1.29 is 0 Å². The van der Waals surface area contributed by atoms with Gasteiger partial charge < -0.3 is 0 Å². The van der Waals surface area contributed by atoms with Gasteiger partial charge in [0.15, 0.2) is 0 Å². The Morgan fingerprint density at radius 1 is 0.422 bits per heavy atom. The quantitative estimate of drug-likeness (QED) is 0.150. The van der Waals surface area contributed by atoms with E-state index >= 15 is 0 Å². The lowest BCUT2D eigenvalue weighted by Crippen LogP contribution is -2.08. The highest BCUT2D eigenvalue weighted by atomic mass is 14.3. The number of hydrogen-bond donors (Lipinski definition) is 0. The topological polar surface area (TPSA) is 0 Å². The zero-order valence-corrected chi connectivity index (χ0v) is 27.1. The molecular formula is C45H44. The van der Waals surface area contributed by atoms with Gasteiger partial charge in [0, 0.05) is 0 Å². The Kier molecular flexibility index (Phi) is 9.41. The van der Waals surface area contributed by atoms with Gasteiger partial charge in [0.1, 0.15) is 0 Å². The summed E-state index contributed by atoms with van der Waals surface area (Å²) in [7, 11) is 0. The predicted molar refractivity (Wildman–Crippen MR) is 194 cm³/mol. The number of aryl methyl sites for hydroxylation is 4. The Morgan fingerprint density at radius 3 is 1.71 bits per heavy atom. The highest BCUT2D eigenvalue weighted by Gasteiger charge is 2.24. The standard InChI is InChI=1S/C45H44/c1-32-18-11-13-27-39(32)45-40(35(4)34(3)37-23-9-6-10-24-37)29-17-31-43(45)42-30-15-19-33(2)44(42)41-28-14-12-25-38(41)26-16-22-36-20-7-5-8-21-36/h5-15,17-21,23-25,27-31,34-35H,16,22,26H2,1-4H3. The first-order chi connectivity index (χ1) is 22.0. The molecule has 0 radical (unpaired) electrons. The molecule has 0 fully saturated rings. The summed E-state index contributed by atoms with van der Waals surface area (Å²) in [6.45, 7) is 9.30. The molecule has 0 bridgehead atoms. The van der Waals surface area contributed by atoms with Crippen molar-refractivity contribution in [3.63, 3.8) is 0 Å². The first kappa shape index (κ1) is 30.4. The molecule has 224 valence electrons. The van der Waals surface area contributed by atoms with Crippen LogP contribution in [-0.4, -0.2) is 0 Å². The molecule has 6 aromatic carbocycles. The van der Waals surface area contributed by atoms with Crippen LogP contribution in [0.4, 0.5) is 0 Å². The molecule has 0 saturated heterocycles. The van der Waals surface area contributed by atoms with Crippen LogP contribution >= 0.6 is 0 Å². The Bertz CT molecular complexity index is 1860. The van der Waals surface area contributed by atoms with Gasteiger partial charge in [-0.05, 0) is 112 Å². The highest BCUT2D eigenvalue weighted by molar-refractivity contribution is 5.95. The van der Waals surface area contributed by atoms with Crippen LogP contribution < -0.4 is 0 Å². The van der Waals surface area contributed by atoms with E-state index in [4.69, 9.17) is 0 Å². The summed E-state index contributed by atoms with van der Waals surface area (Å²) in [5.74, 6) is 0.715. The molecule has 0 aliphatic carbocycles. The molecule has 0 amide bonds. The third-order valence-electron chi connectivity index (χ3n) is 9.68. The normalized spacial score (nSPS) is 12.5. The number of hydrogen-bond acceptors (Lipinski definition) is 0. The maximum absolute atomic E-state index is 2.40. The summed E-state index contributed by atoms with van der Waals surface area (Å²) in [6.07, 6.45) is 3.27. The highest BCUT2D eigenvalue weighted by Crippen LogP contribution is 2.46. The summed E-state index contributed by atoms with van der Waals surface area (Å²) in [5.41, 5.74) is 16.2. The van der Waals surface area contributed by atoms with Crippen molar-refractivity contribution >= 4 is 0 Å². The van der Waals surface area contributed by atoms with E-state index in [1.807, 2.05) is 0 Å². The van der Waals surface area contributed by atoms with Gasteiger partial charge in [0.2, 0.25) is 0 Å². The van der Waals surface area contributed by atoms with E-state index in [9.17, 15) is 0 Å². The lowest BCUT2D eigenvalue weighted by atomic mass is 9.77. The van der Waals surface area contributed by atoms with Gasteiger partial charge in [-0.25, -0.2) is 0 Å². The average molecular weight is 585 g/mol. The molecular weight excluding hydrogens is 540 g/mol. The second-order valence-corrected chi connectivity index (χ2v) is 12.6. The Morgan fingerprint density at radius 2 is 0.978 bits per heavy atom. The molecule has 6 rings (SSSR count). The van der Waals surface area contributed by atoms with Crippen LogP contribution in [0.15, 0.2) is 146 Å². The molecule has 0 spiro atoms. The fourth-order valence-electron chi connectivity index (χ4n) is 7.00. The molecule has 0 N–H and O–H groups in total. The summed E-state index contributed by atoms with van der Waals surface area (Å²) >= 11 is 0. The molecule has 0 aromatic heterocycles. The van der Waals surface area contributed by atoms with Crippen LogP contribution in [-0.2, 0) is 12.8 Å². The molecule has 2 unspecified atom stereocenters. The molecule has 6 aromatic rings. The minimum Gasteiger partial charge on any atom is -0.0622 e. The van der Waals surface area contributed by atoms with Crippen molar-refractivity contribution in [2.75, 3.05) is 0 Å². The van der Waals surface area contributed by atoms with Gasteiger partial charge in [-0.15, -0.1) is 0 Å². The Labute approximate surface area is 270 Å². The van der Waals surface area contributed by atoms with Crippen molar-refractivity contribution in [2.45, 2.75) is 58.8 Å². The zero-order valence-electron chi connectivity index (χ0n) is 27.1. The summed E-state index contributed by atoms with van der Waals surface area (Å²) in [5, 5.41) is 0. The minimum absolute atomic E-state index is 0.334. The van der Waals surface area contributed by atoms with E-state index in [0.29, 0.717) is 11.8 Å². The van der Waals surface area contributed by atoms with Gasteiger partial charge in [-0.3, -0.25) is 0 Å². The monoisotopic (exact) mass is 584 g/mol. The minimum atomic E-state index is 0.334. The van der Waals surface area contributed by atoms with E-state index in [1.165, 1.54) is 66.8 Å². The fourth-order valence-corrected chi connectivity index (χ4v) is 7.00. The van der Waals surface area contributed by atoms with Gasteiger partial charge >= 0.3 is 0 Å². The summed E-state index contributed by atoms with van der Waals surface area (Å²) < 4.78 is 0.